The van der Waals surface area contributed by atoms with Gasteiger partial charge in [-0.2, -0.15) is 0 Å². The number of nitrogens with zero attached hydrogens (tertiary/aromatic N) is 1. The van der Waals surface area contributed by atoms with E-state index in [9.17, 15) is 10.2 Å². The molecular weight excluding hydrogens is 190 g/mol. The van der Waals surface area contributed by atoms with E-state index in [1.165, 1.54) is 38.5 Å². The first-order chi connectivity index (χ1) is 7.24. The van der Waals surface area contributed by atoms with Gasteiger partial charge in [-0.15, -0.1) is 0 Å². The van der Waals surface area contributed by atoms with Crippen LogP contribution in [0.2, 0.25) is 0 Å². The molecule has 0 aromatic heterocycles. The summed E-state index contributed by atoms with van der Waals surface area (Å²) in [5, 5.41) is 18.7. The summed E-state index contributed by atoms with van der Waals surface area (Å²) in [7, 11) is 0. The number of aliphatic hydroxyl groups excluding tert-OH is 2. The Kier molecular flexibility index (Phi) is 6.22. The highest BCUT2D eigenvalue weighted by atomic mass is 16.3. The average molecular weight is 215 g/mol. The first-order valence-electron chi connectivity index (χ1n) is 6.32. The highest BCUT2D eigenvalue weighted by Crippen LogP contribution is 2.12. The number of β-amino-alcohol motifs (C(OH)–C–C–N with tert-alkyl or cyclic N) is 2. The van der Waals surface area contributed by atoms with Gasteiger partial charge in [-0.25, -0.2) is 0 Å². The van der Waals surface area contributed by atoms with Crippen molar-refractivity contribution in [1.29, 1.82) is 0 Å². The van der Waals surface area contributed by atoms with E-state index in [0.717, 1.165) is 6.54 Å². The highest BCUT2D eigenvalue weighted by Gasteiger charge is 2.28. The van der Waals surface area contributed by atoms with Gasteiger partial charge < -0.3 is 10.2 Å². The second kappa shape index (κ2) is 7.20. The van der Waals surface area contributed by atoms with Gasteiger partial charge in [-0.3, -0.25) is 4.90 Å². The minimum atomic E-state index is -0.523. The molecule has 0 saturated carbocycles. The highest BCUT2D eigenvalue weighted by molar-refractivity contribution is 4.82. The van der Waals surface area contributed by atoms with Crippen molar-refractivity contribution in [3.05, 3.63) is 0 Å². The van der Waals surface area contributed by atoms with Crippen LogP contribution in [-0.2, 0) is 0 Å². The Morgan fingerprint density at radius 2 is 1.47 bits per heavy atom. The first-order valence-corrected chi connectivity index (χ1v) is 6.32. The molecule has 0 aromatic rings. The molecule has 1 heterocycles. The van der Waals surface area contributed by atoms with Gasteiger partial charge in [0.05, 0.1) is 12.2 Å². The van der Waals surface area contributed by atoms with Crippen molar-refractivity contribution in [3.8, 4) is 0 Å². The van der Waals surface area contributed by atoms with Crippen LogP contribution in [0.25, 0.3) is 0 Å². The number of unbranched alkanes of at least 4 members (excludes halogenated alkanes) is 5. The molecule has 2 atom stereocenters. The van der Waals surface area contributed by atoms with Crippen LogP contribution in [0.4, 0.5) is 0 Å². The summed E-state index contributed by atoms with van der Waals surface area (Å²) < 4.78 is 0. The topological polar surface area (TPSA) is 43.7 Å². The monoisotopic (exact) mass is 215 g/mol. The molecule has 0 bridgehead atoms. The van der Waals surface area contributed by atoms with Gasteiger partial charge in [0.1, 0.15) is 0 Å². The smallest absolute Gasteiger partial charge is 0.0938 e. The maximum Gasteiger partial charge on any atom is 0.0938 e. The largest absolute Gasteiger partial charge is 0.389 e. The molecule has 0 amide bonds. The fraction of sp³-hybridized carbons (Fsp3) is 1.00. The van der Waals surface area contributed by atoms with Crippen LogP contribution in [0.5, 0.6) is 0 Å². The van der Waals surface area contributed by atoms with Crippen LogP contribution in [0.3, 0.4) is 0 Å². The van der Waals surface area contributed by atoms with Gasteiger partial charge in [0.25, 0.3) is 0 Å². The zero-order valence-electron chi connectivity index (χ0n) is 9.86. The van der Waals surface area contributed by atoms with E-state index in [2.05, 4.69) is 11.8 Å². The third-order valence-corrected chi connectivity index (χ3v) is 3.16. The Balaban J connectivity index is 1.92. The lowest BCUT2D eigenvalue weighted by Gasteiger charge is -2.13. The molecule has 1 fully saturated rings. The normalized spacial score (nSPS) is 27.4. The maximum atomic E-state index is 9.35. The van der Waals surface area contributed by atoms with Crippen LogP contribution in [0.15, 0.2) is 0 Å². The van der Waals surface area contributed by atoms with E-state index in [4.69, 9.17) is 0 Å². The van der Waals surface area contributed by atoms with Crippen LogP contribution >= 0.6 is 0 Å². The maximum absolute atomic E-state index is 9.35. The molecule has 15 heavy (non-hydrogen) atoms. The molecule has 1 aliphatic rings. The quantitative estimate of drug-likeness (QED) is 0.631. The van der Waals surface area contributed by atoms with Gasteiger partial charge in [0, 0.05) is 13.1 Å². The fourth-order valence-corrected chi connectivity index (χ4v) is 2.15. The van der Waals surface area contributed by atoms with Gasteiger partial charge in [0.2, 0.25) is 0 Å². The molecule has 0 spiro atoms. The molecule has 3 nitrogen and oxygen atoms in total. The van der Waals surface area contributed by atoms with Gasteiger partial charge in [-0.05, 0) is 13.0 Å². The van der Waals surface area contributed by atoms with E-state index in [-0.39, 0.29) is 0 Å². The minimum absolute atomic E-state index is 0.523. The lowest BCUT2D eigenvalue weighted by molar-refractivity contribution is 0.0572. The number of likely N-dealkylation sites (tertiary alicyclic amines) is 1. The van der Waals surface area contributed by atoms with Crippen LogP contribution < -0.4 is 0 Å². The predicted octanol–water partition coefficient (Wildman–Crippen LogP) is 1.38. The molecule has 0 aromatic carbocycles. The van der Waals surface area contributed by atoms with Crippen molar-refractivity contribution in [2.45, 2.75) is 57.7 Å². The van der Waals surface area contributed by atoms with E-state index in [1.807, 2.05) is 0 Å². The van der Waals surface area contributed by atoms with Crippen molar-refractivity contribution in [2.24, 2.45) is 0 Å². The molecule has 1 aliphatic heterocycles. The second-order valence-electron chi connectivity index (χ2n) is 4.66. The lowest BCUT2D eigenvalue weighted by atomic mass is 10.1. The molecule has 2 N–H and O–H groups in total. The van der Waals surface area contributed by atoms with Gasteiger partial charge in [0.15, 0.2) is 0 Å². The van der Waals surface area contributed by atoms with Crippen LogP contribution in [0, 0.1) is 0 Å². The van der Waals surface area contributed by atoms with Crippen molar-refractivity contribution in [1.82, 2.24) is 4.90 Å². The average Bonchev–Trinajstić information content (AvgIpc) is 2.52. The second-order valence-corrected chi connectivity index (χ2v) is 4.66. The summed E-state index contributed by atoms with van der Waals surface area (Å²) in [6.45, 7) is 4.56. The third kappa shape index (κ3) is 4.96. The predicted molar refractivity (Wildman–Crippen MR) is 61.8 cm³/mol. The fourth-order valence-electron chi connectivity index (χ4n) is 2.15. The molecular formula is C12H25NO2. The van der Waals surface area contributed by atoms with Crippen LogP contribution in [-0.4, -0.2) is 47.0 Å². The molecule has 0 unspecified atom stereocenters. The number of rotatable bonds is 7. The molecule has 3 heteroatoms. The van der Waals surface area contributed by atoms with E-state index in [1.54, 1.807) is 0 Å². The van der Waals surface area contributed by atoms with Crippen molar-refractivity contribution < 1.29 is 10.2 Å². The summed E-state index contributed by atoms with van der Waals surface area (Å²) in [5.41, 5.74) is 0. The zero-order chi connectivity index (χ0) is 11.1. The van der Waals surface area contributed by atoms with Gasteiger partial charge in [-0.1, -0.05) is 39.0 Å². The van der Waals surface area contributed by atoms with Crippen LogP contribution in [0.1, 0.15) is 45.4 Å². The summed E-state index contributed by atoms with van der Waals surface area (Å²) in [4.78, 5) is 2.16. The Bertz CT molecular complexity index is 154. The Morgan fingerprint density at radius 1 is 0.933 bits per heavy atom. The molecule has 90 valence electrons. The van der Waals surface area contributed by atoms with E-state index >= 15 is 0 Å². The summed E-state index contributed by atoms with van der Waals surface area (Å²) in [6.07, 6.45) is 6.75. The SMILES string of the molecule is CCCCCCCCN1C[C@H](O)[C@@H](O)C1. The standard InChI is InChI=1S/C12H25NO2/c1-2-3-4-5-6-7-8-13-9-11(14)12(15)10-13/h11-12,14-15H,2-10H2,1H3/t11-,12-/m0/s1. The van der Waals surface area contributed by atoms with E-state index < -0.39 is 12.2 Å². The van der Waals surface area contributed by atoms with Crippen molar-refractivity contribution >= 4 is 0 Å². The van der Waals surface area contributed by atoms with Gasteiger partial charge >= 0.3 is 0 Å². The molecule has 1 rings (SSSR count). The third-order valence-electron chi connectivity index (χ3n) is 3.16. The van der Waals surface area contributed by atoms with Crippen molar-refractivity contribution in [2.75, 3.05) is 19.6 Å². The number of aliphatic hydroxyl groups is 2. The number of hydrogen-bond acceptors (Lipinski definition) is 3. The molecule has 1 saturated heterocycles. The first kappa shape index (κ1) is 12.9. The van der Waals surface area contributed by atoms with Crippen molar-refractivity contribution in [3.63, 3.8) is 0 Å². The number of hydrogen-bond donors (Lipinski definition) is 2. The summed E-state index contributed by atoms with van der Waals surface area (Å²) in [5.74, 6) is 0. The summed E-state index contributed by atoms with van der Waals surface area (Å²) in [6, 6.07) is 0. The lowest BCUT2D eigenvalue weighted by Crippen LogP contribution is -2.23. The molecule has 0 aliphatic carbocycles. The summed E-state index contributed by atoms with van der Waals surface area (Å²) >= 11 is 0. The minimum Gasteiger partial charge on any atom is -0.389 e. The van der Waals surface area contributed by atoms with E-state index in [0.29, 0.717) is 13.1 Å². The zero-order valence-corrected chi connectivity index (χ0v) is 9.86. The Morgan fingerprint density at radius 3 is 2.07 bits per heavy atom. The Labute approximate surface area is 93.1 Å². The Hall–Kier alpha value is -0.120. The molecule has 0 radical (unpaired) electrons.